The largest absolute Gasteiger partial charge is 0.377 e. The molecule has 3 nitrogen and oxygen atoms in total. The van der Waals surface area contributed by atoms with Crippen molar-refractivity contribution >= 4 is 23.9 Å². The number of para-hydroxylation sites is 1. The van der Waals surface area contributed by atoms with E-state index in [2.05, 4.69) is 22.4 Å². The molecule has 0 fully saturated rings. The van der Waals surface area contributed by atoms with Crippen LogP contribution >= 0.6 is 12.4 Å². The molecule has 1 heterocycles. The van der Waals surface area contributed by atoms with Gasteiger partial charge in [-0.2, -0.15) is 0 Å². The highest BCUT2D eigenvalue weighted by atomic mass is 35.5. The van der Waals surface area contributed by atoms with Crippen LogP contribution in [-0.4, -0.2) is 19.6 Å². The smallest absolute Gasteiger partial charge is 0.127 e. The van der Waals surface area contributed by atoms with Gasteiger partial charge in [0.15, 0.2) is 0 Å². The molecule has 0 aromatic heterocycles. The predicted molar refractivity (Wildman–Crippen MR) is 60.3 cm³/mol. The minimum atomic E-state index is 0. The first-order valence-electron chi connectivity index (χ1n) is 4.27. The number of ether oxygens (including phenoxy) is 1. The molecule has 14 heavy (non-hydrogen) atoms. The maximum absolute atomic E-state index is 5.00. The Labute approximate surface area is 89.6 Å². The summed E-state index contributed by atoms with van der Waals surface area (Å²) < 4.78 is 5.00. The Morgan fingerprint density at radius 3 is 3.00 bits per heavy atom. The molecule has 0 aliphatic carbocycles. The average molecular weight is 213 g/mol. The number of hydrogen-bond donors (Lipinski definition) is 1. The molecule has 4 heteroatoms. The molecule has 0 radical (unpaired) electrons. The molecule has 0 saturated carbocycles. The molecular weight excluding hydrogens is 200 g/mol. The zero-order chi connectivity index (χ0) is 9.10. The number of aliphatic imine (C=N–C) groups is 1. The van der Waals surface area contributed by atoms with E-state index in [1.165, 1.54) is 5.56 Å². The number of anilines is 1. The number of hydrogen-bond acceptors (Lipinski definition) is 3. The van der Waals surface area contributed by atoms with Gasteiger partial charge in [-0.25, -0.2) is 0 Å². The summed E-state index contributed by atoms with van der Waals surface area (Å²) in [5.41, 5.74) is 2.38. The molecule has 0 atom stereocenters. The SMILES string of the molecule is COCC1=NCc2ccccc2N1.Cl. The van der Waals surface area contributed by atoms with Gasteiger partial charge in [-0.15, -0.1) is 12.4 Å². The van der Waals surface area contributed by atoms with Gasteiger partial charge in [-0.05, 0) is 11.6 Å². The Morgan fingerprint density at radius 2 is 2.21 bits per heavy atom. The first-order chi connectivity index (χ1) is 6.40. The Kier molecular flexibility index (Phi) is 3.92. The molecular formula is C10H13ClN2O. The van der Waals surface area contributed by atoms with Crippen molar-refractivity contribution in [2.75, 3.05) is 19.0 Å². The molecule has 1 aliphatic heterocycles. The van der Waals surface area contributed by atoms with E-state index < -0.39 is 0 Å². The maximum Gasteiger partial charge on any atom is 0.127 e. The molecule has 0 bridgehead atoms. The first kappa shape index (κ1) is 11.0. The van der Waals surface area contributed by atoms with Crippen LogP contribution in [0.25, 0.3) is 0 Å². The minimum absolute atomic E-state index is 0. The highest BCUT2D eigenvalue weighted by Crippen LogP contribution is 2.19. The molecule has 1 aromatic rings. The lowest BCUT2D eigenvalue weighted by Gasteiger charge is -2.17. The molecule has 0 spiro atoms. The van der Waals surface area contributed by atoms with Crippen molar-refractivity contribution in [3.05, 3.63) is 29.8 Å². The summed E-state index contributed by atoms with van der Waals surface area (Å²) in [6.45, 7) is 1.30. The summed E-state index contributed by atoms with van der Waals surface area (Å²) in [5, 5.41) is 3.22. The fraction of sp³-hybridized carbons (Fsp3) is 0.300. The molecule has 0 amide bonds. The summed E-state index contributed by atoms with van der Waals surface area (Å²) in [5.74, 6) is 0.904. The number of methoxy groups -OCH3 is 1. The number of halogens is 1. The van der Waals surface area contributed by atoms with E-state index in [-0.39, 0.29) is 12.4 Å². The van der Waals surface area contributed by atoms with Crippen LogP contribution in [0.2, 0.25) is 0 Å². The summed E-state index contributed by atoms with van der Waals surface area (Å²) in [6.07, 6.45) is 0. The summed E-state index contributed by atoms with van der Waals surface area (Å²) in [7, 11) is 1.67. The van der Waals surface area contributed by atoms with Gasteiger partial charge in [0, 0.05) is 12.8 Å². The monoisotopic (exact) mass is 212 g/mol. The van der Waals surface area contributed by atoms with E-state index in [4.69, 9.17) is 4.74 Å². The van der Waals surface area contributed by atoms with Gasteiger partial charge in [0.1, 0.15) is 12.4 Å². The first-order valence-corrected chi connectivity index (χ1v) is 4.27. The summed E-state index contributed by atoms with van der Waals surface area (Å²) in [4.78, 5) is 4.34. The highest BCUT2D eigenvalue weighted by Gasteiger charge is 2.09. The van der Waals surface area contributed by atoms with Crippen molar-refractivity contribution in [3.63, 3.8) is 0 Å². The second-order valence-corrected chi connectivity index (χ2v) is 2.98. The number of benzene rings is 1. The van der Waals surface area contributed by atoms with Gasteiger partial charge in [0.25, 0.3) is 0 Å². The molecule has 1 aliphatic rings. The molecule has 2 rings (SSSR count). The Hall–Kier alpha value is -1.06. The second kappa shape index (κ2) is 4.98. The van der Waals surface area contributed by atoms with Crippen molar-refractivity contribution in [3.8, 4) is 0 Å². The lowest BCUT2D eigenvalue weighted by molar-refractivity contribution is 0.245. The van der Waals surface area contributed by atoms with Gasteiger partial charge in [-0.1, -0.05) is 18.2 Å². The fourth-order valence-electron chi connectivity index (χ4n) is 1.37. The zero-order valence-electron chi connectivity index (χ0n) is 7.99. The number of nitrogens with zero attached hydrogens (tertiary/aromatic N) is 1. The van der Waals surface area contributed by atoms with Crippen molar-refractivity contribution in [1.29, 1.82) is 0 Å². The van der Waals surface area contributed by atoms with Crippen molar-refractivity contribution < 1.29 is 4.74 Å². The summed E-state index contributed by atoms with van der Waals surface area (Å²) in [6, 6.07) is 8.17. The third kappa shape index (κ3) is 2.25. The molecule has 1 N–H and O–H groups in total. The zero-order valence-corrected chi connectivity index (χ0v) is 8.80. The van der Waals surface area contributed by atoms with Crippen molar-refractivity contribution in [2.24, 2.45) is 4.99 Å². The van der Waals surface area contributed by atoms with E-state index in [0.29, 0.717) is 6.61 Å². The molecule has 76 valence electrons. The average Bonchev–Trinajstić information content (AvgIpc) is 2.18. The Balaban J connectivity index is 0.000000980. The van der Waals surface area contributed by atoms with Crippen LogP contribution in [0.3, 0.4) is 0 Å². The third-order valence-corrected chi connectivity index (χ3v) is 2.02. The lowest BCUT2D eigenvalue weighted by atomic mass is 10.1. The molecule has 0 saturated heterocycles. The van der Waals surface area contributed by atoms with Gasteiger partial charge in [0.05, 0.1) is 6.54 Å². The van der Waals surface area contributed by atoms with Gasteiger partial charge < -0.3 is 10.1 Å². The van der Waals surface area contributed by atoms with Crippen LogP contribution in [0.4, 0.5) is 5.69 Å². The van der Waals surface area contributed by atoms with Crippen LogP contribution in [0.1, 0.15) is 5.56 Å². The van der Waals surface area contributed by atoms with E-state index in [9.17, 15) is 0 Å². The number of fused-ring (bicyclic) bond motifs is 1. The van der Waals surface area contributed by atoms with Crippen LogP contribution in [-0.2, 0) is 11.3 Å². The highest BCUT2D eigenvalue weighted by molar-refractivity contribution is 5.98. The number of rotatable bonds is 2. The van der Waals surface area contributed by atoms with E-state index >= 15 is 0 Å². The van der Waals surface area contributed by atoms with Crippen LogP contribution < -0.4 is 5.32 Å². The van der Waals surface area contributed by atoms with Crippen LogP contribution in [0, 0.1) is 0 Å². The van der Waals surface area contributed by atoms with Crippen molar-refractivity contribution in [1.82, 2.24) is 0 Å². The molecule has 0 unspecified atom stereocenters. The number of amidine groups is 1. The minimum Gasteiger partial charge on any atom is -0.377 e. The van der Waals surface area contributed by atoms with Gasteiger partial charge in [-0.3, -0.25) is 4.99 Å². The molecule has 1 aromatic carbocycles. The lowest BCUT2D eigenvalue weighted by Crippen LogP contribution is -2.22. The van der Waals surface area contributed by atoms with Gasteiger partial charge >= 0.3 is 0 Å². The van der Waals surface area contributed by atoms with Crippen molar-refractivity contribution in [2.45, 2.75) is 6.54 Å². The standard InChI is InChI=1S/C10H12N2O.ClH/c1-13-7-10-11-6-8-4-2-3-5-9(8)12-10;/h2-5H,6-7H2,1H3,(H,11,12);1H. The van der Waals surface area contributed by atoms with E-state index in [0.717, 1.165) is 18.1 Å². The normalized spacial score (nSPS) is 13.4. The quantitative estimate of drug-likeness (QED) is 0.815. The number of nitrogens with one attached hydrogen (secondary N) is 1. The van der Waals surface area contributed by atoms with Crippen LogP contribution in [0.15, 0.2) is 29.3 Å². The summed E-state index contributed by atoms with van der Waals surface area (Å²) >= 11 is 0. The second-order valence-electron chi connectivity index (χ2n) is 2.98. The fourth-order valence-corrected chi connectivity index (χ4v) is 1.37. The van der Waals surface area contributed by atoms with E-state index in [1.807, 2.05) is 12.1 Å². The maximum atomic E-state index is 5.00. The van der Waals surface area contributed by atoms with Gasteiger partial charge in [0.2, 0.25) is 0 Å². The Bertz CT molecular complexity index is 339. The topological polar surface area (TPSA) is 33.6 Å². The van der Waals surface area contributed by atoms with Crippen LogP contribution in [0.5, 0.6) is 0 Å². The third-order valence-electron chi connectivity index (χ3n) is 2.02. The van der Waals surface area contributed by atoms with E-state index in [1.54, 1.807) is 7.11 Å². The predicted octanol–water partition coefficient (Wildman–Crippen LogP) is 2.08. The Morgan fingerprint density at radius 1 is 1.43 bits per heavy atom.